The van der Waals surface area contributed by atoms with Crippen LogP contribution in [0.2, 0.25) is 0 Å². The summed E-state index contributed by atoms with van der Waals surface area (Å²) in [7, 11) is 0. The minimum absolute atomic E-state index is 0.115. The molecule has 2 nitrogen and oxygen atoms in total. The van der Waals surface area contributed by atoms with Crippen molar-refractivity contribution in [2.45, 2.75) is 19.9 Å². The van der Waals surface area contributed by atoms with Gasteiger partial charge in [0.1, 0.15) is 0 Å². The van der Waals surface area contributed by atoms with E-state index in [-0.39, 0.29) is 11.8 Å². The fourth-order valence-corrected chi connectivity index (χ4v) is 2.90. The van der Waals surface area contributed by atoms with Gasteiger partial charge in [0.05, 0.1) is 0 Å². The molecule has 4 rings (SSSR count). The molecule has 0 spiro atoms. The van der Waals surface area contributed by atoms with Crippen LogP contribution in [0.1, 0.15) is 35.8 Å². The smallest absolute Gasteiger partial charge is 0.159 e. The molecule has 0 aliphatic carbocycles. The van der Waals surface area contributed by atoms with E-state index in [1.807, 2.05) is 61.5 Å². The zero-order chi connectivity index (χ0) is 18.5. The van der Waals surface area contributed by atoms with Gasteiger partial charge in [0.2, 0.25) is 0 Å². The number of carbonyl (C=O) groups excluding carboxylic acids is 1. The van der Waals surface area contributed by atoms with E-state index in [1.165, 1.54) is 21.7 Å². The number of Topliss-reactive ketones (excluding diaryl/α,β-unsaturated/α-hetero) is 1. The highest BCUT2D eigenvalue weighted by Crippen LogP contribution is 2.18. The van der Waals surface area contributed by atoms with Crippen LogP contribution in [-0.2, 0) is 0 Å². The molecule has 0 saturated carbocycles. The second kappa shape index (κ2) is 7.94. The number of carbonyl (C=O) groups is 1. The molecular weight excluding hydrogens is 318 g/mol. The standard InChI is InChI=1S/C12H13N.C12H10O/c2*1-9(13)11-7-6-10-4-2-3-5-12(10)8-11/h2-9H,13H2,1H3;2-8H,1H3/t9-;/m1./s1. The summed E-state index contributed by atoms with van der Waals surface area (Å²) >= 11 is 0. The highest BCUT2D eigenvalue weighted by atomic mass is 16.1. The molecular formula is C24H23NO. The molecule has 0 amide bonds. The van der Waals surface area contributed by atoms with Crippen LogP contribution in [0.25, 0.3) is 21.5 Å². The Hall–Kier alpha value is -2.97. The van der Waals surface area contributed by atoms with Crippen molar-refractivity contribution in [1.82, 2.24) is 0 Å². The number of rotatable bonds is 2. The van der Waals surface area contributed by atoms with Gasteiger partial charge in [-0.25, -0.2) is 0 Å². The zero-order valence-corrected chi connectivity index (χ0v) is 15.1. The lowest BCUT2D eigenvalue weighted by Crippen LogP contribution is -2.04. The Labute approximate surface area is 154 Å². The topological polar surface area (TPSA) is 43.1 Å². The summed E-state index contributed by atoms with van der Waals surface area (Å²) in [5, 5.41) is 4.83. The monoisotopic (exact) mass is 341 g/mol. The molecule has 0 radical (unpaired) electrons. The first-order valence-electron chi connectivity index (χ1n) is 8.78. The largest absolute Gasteiger partial charge is 0.324 e. The summed E-state index contributed by atoms with van der Waals surface area (Å²) in [4.78, 5) is 11.1. The van der Waals surface area contributed by atoms with Crippen LogP contribution in [0, 0.1) is 0 Å². The summed E-state index contributed by atoms with van der Waals surface area (Å²) < 4.78 is 0. The molecule has 2 N–H and O–H groups in total. The molecule has 0 unspecified atom stereocenters. The second-order valence-corrected chi connectivity index (χ2v) is 6.51. The van der Waals surface area contributed by atoms with Crippen molar-refractivity contribution in [1.29, 1.82) is 0 Å². The Kier molecular flexibility index (Phi) is 5.45. The molecule has 0 aromatic heterocycles. The summed E-state index contributed by atoms with van der Waals surface area (Å²) in [5.74, 6) is 0.116. The average molecular weight is 341 g/mol. The minimum atomic E-state index is 0.115. The Morgan fingerprint density at radius 1 is 0.731 bits per heavy atom. The first-order chi connectivity index (χ1) is 12.5. The van der Waals surface area contributed by atoms with E-state index in [2.05, 4.69) is 30.3 Å². The van der Waals surface area contributed by atoms with E-state index < -0.39 is 0 Å². The molecule has 0 bridgehead atoms. The Bertz CT molecular complexity index is 1050. The van der Waals surface area contributed by atoms with Gasteiger partial charge in [0.15, 0.2) is 5.78 Å². The lowest BCUT2D eigenvalue weighted by molar-refractivity contribution is 0.101. The van der Waals surface area contributed by atoms with E-state index in [1.54, 1.807) is 6.92 Å². The summed E-state index contributed by atoms with van der Waals surface area (Å²) in [6.07, 6.45) is 0. The summed E-state index contributed by atoms with van der Waals surface area (Å²) in [5.41, 5.74) is 7.77. The van der Waals surface area contributed by atoms with Crippen LogP contribution in [0.3, 0.4) is 0 Å². The lowest BCUT2D eigenvalue weighted by Gasteiger charge is -2.06. The summed E-state index contributed by atoms with van der Waals surface area (Å²) in [6.45, 7) is 3.59. The third-order valence-corrected chi connectivity index (χ3v) is 4.46. The van der Waals surface area contributed by atoms with Crippen LogP contribution in [-0.4, -0.2) is 5.78 Å². The Morgan fingerprint density at radius 2 is 1.23 bits per heavy atom. The van der Waals surface area contributed by atoms with E-state index in [4.69, 9.17) is 5.73 Å². The molecule has 0 aliphatic rings. The predicted octanol–water partition coefficient (Wildman–Crippen LogP) is 5.90. The Balaban J connectivity index is 0.000000151. The van der Waals surface area contributed by atoms with Crippen molar-refractivity contribution in [2.75, 3.05) is 0 Å². The van der Waals surface area contributed by atoms with Crippen molar-refractivity contribution in [3.63, 3.8) is 0 Å². The van der Waals surface area contributed by atoms with Crippen molar-refractivity contribution in [2.24, 2.45) is 5.73 Å². The van der Waals surface area contributed by atoms with Gasteiger partial charge in [0.25, 0.3) is 0 Å². The molecule has 26 heavy (non-hydrogen) atoms. The van der Waals surface area contributed by atoms with Gasteiger partial charge in [-0.3, -0.25) is 4.79 Å². The van der Waals surface area contributed by atoms with Crippen molar-refractivity contribution >= 4 is 27.3 Å². The quantitative estimate of drug-likeness (QED) is 0.461. The number of nitrogens with two attached hydrogens (primary N) is 1. The van der Waals surface area contributed by atoms with Gasteiger partial charge in [0, 0.05) is 11.6 Å². The number of hydrogen-bond acceptors (Lipinski definition) is 2. The molecule has 2 heteroatoms. The number of hydrogen-bond donors (Lipinski definition) is 1. The third-order valence-electron chi connectivity index (χ3n) is 4.46. The molecule has 0 heterocycles. The van der Waals surface area contributed by atoms with Crippen molar-refractivity contribution in [3.05, 3.63) is 96.1 Å². The molecule has 4 aromatic carbocycles. The van der Waals surface area contributed by atoms with Gasteiger partial charge < -0.3 is 5.73 Å². The van der Waals surface area contributed by atoms with Gasteiger partial charge in [-0.2, -0.15) is 0 Å². The molecule has 0 aliphatic heterocycles. The fraction of sp³-hybridized carbons (Fsp3) is 0.125. The van der Waals surface area contributed by atoms with Crippen LogP contribution >= 0.6 is 0 Å². The average Bonchev–Trinajstić information content (AvgIpc) is 2.67. The van der Waals surface area contributed by atoms with Gasteiger partial charge in [-0.15, -0.1) is 0 Å². The van der Waals surface area contributed by atoms with Crippen LogP contribution in [0.4, 0.5) is 0 Å². The van der Waals surface area contributed by atoms with Crippen LogP contribution in [0.5, 0.6) is 0 Å². The van der Waals surface area contributed by atoms with E-state index in [0.29, 0.717) is 0 Å². The second-order valence-electron chi connectivity index (χ2n) is 6.51. The highest BCUT2D eigenvalue weighted by Gasteiger charge is 2.00. The van der Waals surface area contributed by atoms with Gasteiger partial charge in [-0.05, 0) is 53.1 Å². The fourth-order valence-electron chi connectivity index (χ4n) is 2.90. The van der Waals surface area contributed by atoms with E-state index >= 15 is 0 Å². The van der Waals surface area contributed by atoms with E-state index in [0.717, 1.165) is 10.9 Å². The van der Waals surface area contributed by atoms with Crippen molar-refractivity contribution in [3.8, 4) is 0 Å². The normalized spacial score (nSPS) is 11.7. The maximum atomic E-state index is 11.1. The maximum absolute atomic E-state index is 11.1. The zero-order valence-electron chi connectivity index (χ0n) is 15.1. The SMILES string of the molecule is CC(=O)c1ccc2ccccc2c1.C[C@@H](N)c1ccc2ccccc2c1. The number of ketones is 1. The maximum Gasteiger partial charge on any atom is 0.159 e. The first kappa shape index (κ1) is 17.8. The van der Waals surface area contributed by atoms with E-state index in [9.17, 15) is 4.79 Å². The highest BCUT2D eigenvalue weighted by molar-refractivity contribution is 5.98. The molecule has 0 saturated heterocycles. The van der Waals surface area contributed by atoms with Crippen LogP contribution < -0.4 is 5.73 Å². The molecule has 130 valence electrons. The minimum Gasteiger partial charge on any atom is -0.324 e. The predicted molar refractivity (Wildman–Crippen MR) is 111 cm³/mol. The third kappa shape index (κ3) is 4.16. The van der Waals surface area contributed by atoms with Gasteiger partial charge in [-0.1, -0.05) is 72.8 Å². The lowest BCUT2D eigenvalue weighted by atomic mass is 10.0. The van der Waals surface area contributed by atoms with Crippen molar-refractivity contribution < 1.29 is 4.79 Å². The molecule has 0 fully saturated rings. The Morgan fingerprint density at radius 3 is 1.77 bits per heavy atom. The molecule has 1 atom stereocenters. The van der Waals surface area contributed by atoms with Gasteiger partial charge >= 0.3 is 0 Å². The molecule has 4 aromatic rings. The number of fused-ring (bicyclic) bond motifs is 2. The summed E-state index contributed by atoms with van der Waals surface area (Å²) in [6, 6.07) is 28.6. The first-order valence-corrected chi connectivity index (χ1v) is 8.78. The number of benzene rings is 4. The van der Waals surface area contributed by atoms with Crippen LogP contribution in [0.15, 0.2) is 84.9 Å².